The Balaban J connectivity index is 2.20. The molecule has 2 rings (SSSR count). The van der Waals surface area contributed by atoms with Crippen molar-refractivity contribution in [3.8, 4) is 0 Å². The number of rotatable bonds is 7. The normalized spacial score (nSPS) is 16.9. The third-order valence-corrected chi connectivity index (χ3v) is 4.29. The molecule has 1 aliphatic rings. The van der Waals surface area contributed by atoms with E-state index in [1.807, 2.05) is 18.2 Å². The SMILES string of the molecule is CCCCN(C1CC1)C(CN)c1ccc(Cl)cc1Cl. The summed E-state index contributed by atoms with van der Waals surface area (Å²) in [6.45, 7) is 3.92. The highest BCUT2D eigenvalue weighted by molar-refractivity contribution is 6.35. The lowest BCUT2D eigenvalue weighted by atomic mass is 10.0. The quantitative estimate of drug-likeness (QED) is 0.815. The Morgan fingerprint density at radius 1 is 1.37 bits per heavy atom. The van der Waals surface area contributed by atoms with E-state index < -0.39 is 0 Å². The van der Waals surface area contributed by atoms with E-state index in [2.05, 4.69) is 11.8 Å². The summed E-state index contributed by atoms with van der Waals surface area (Å²) in [5.74, 6) is 0. The summed E-state index contributed by atoms with van der Waals surface area (Å²) in [4.78, 5) is 2.53. The van der Waals surface area contributed by atoms with Crippen LogP contribution in [0.2, 0.25) is 10.0 Å². The molecule has 0 heterocycles. The molecule has 1 aromatic rings. The standard InChI is InChI=1S/C15H22Cl2N2/c1-2-3-8-19(12-5-6-12)15(10-18)13-7-4-11(16)9-14(13)17/h4,7,9,12,15H,2-3,5-6,8,10,18H2,1H3. The van der Waals surface area contributed by atoms with Crippen LogP contribution in [0.1, 0.15) is 44.2 Å². The highest BCUT2D eigenvalue weighted by Gasteiger charge is 2.34. The van der Waals surface area contributed by atoms with Crippen LogP contribution in [0.25, 0.3) is 0 Å². The Hall–Kier alpha value is -0.280. The van der Waals surface area contributed by atoms with Gasteiger partial charge in [-0.1, -0.05) is 42.6 Å². The van der Waals surface area contributed by atoms with Gasteiger partial charge in [0.15, 0.2) is 0 Å². The largest absolute Gasteiger partial charge is 0.329 e. The van der Waals surface area contributed by atoms with Crippen LogP contribution in [0, 0.1) is 0 Å². The van der Waals surface area contributed by atoms with Crippen LogP contribution in [0.5, 0.6) is 0 Å². The van der Waals surface area contributed by atoms with Crippen molar-refractivity contribution in [2.45, 2.75) is 44.7 Å². The fraction of sp³-hybridized carbons (Fsp3) is 0.600. The number of nitrogens with zero attached hydrogens (tertiary/aromatic N) is 1. The summed E-state index contributed by atoms with van der Waals surface area (Å²) in [5, 5.41) is 1.40. The van der Waals surface area contributed by atoms with Crippen molar-refractivity contribution >= 4 is 23.2 Å². The maximum absolute atomic E-state index is 6.34. The molecule has 0 aromatic heterocycles. The molecule has 0 spiro atoms. The monoisotopic (exact) mass is 300 g/mol. The van der Waals surface area contributed by atoms with Gasteiger partial charge in [0.05, 0.1) is 0 Å². The van der Waals surface area contributed by atoms with Crippen LogP contribution in [0.3, 0.4) is 0 Å². The van der Waals surface area contributed by atoms with Crippen LogP contribution in [0.4, 0.5) is 0 Å². The first-order chi connectivity index (χ1) is 9.17. The van der Waals surface area contributed by atoms with Crippen molar-refractivity contribution in [3.63, 3.8) is 0 Å². The van der Waals surface area contributed by atoms with E-state index in [1.54, 1.807) is 0 Å². The number of halogens is 2. The van der Waals surface area contributed by atoms with E-state index in [0.29, 0.717) is 17.6 Å². The predicted molar refractivity (Wildman–Crippen MR) is 82.9 cm³/mol. The lowest BCUT2D eigenvalue weighted by Gasteiger charge is -2.32. The van der Waals surface area contributed by atoms with Crippen LogP contribution in [0.15, 0.2) is 18.2 Å². The van der Waals surface area contributed by atoms with E-state index in [4.69, 9.17) is 28.9 Å². The zero-order valence-corrected chi connectivity index (χ0v) is 12.9. The average molecular weight is 301 g/mol. The van der Waals surface area contributed by atoms with Gasteiger partial charge >= 0.3 is 0 Å². The fourth-order valence-corrected chi connectivity index (χ4v) is 3.09. The molecule has 1 fully saturated rings. The molecule has 4 heteroatoms. The summed E-state index contributed by atoms with van der Waals surface area (Å²) in [7, 11) is 0. The molecule has 2 N–H and O–H groups in total. The molecule has 1 aromatic carbocycles. The van der Waals surface area contributed by atoms with E-state index >= 15 is 0 Å². The number of nitrogens with two attached hydrogens (primary N) is 1. The van der Waals surface area contributed by atoms with Gasteiger partial charge in [-0.3, -0.25) is 4.90 Å². The molecule has 0 bridgehead atoms. The van der Waals surface area contributed by atoms with Crippen molar-refractivity contribution < 1.29 is 0 Å². The highest BCUT2D eigenvalue weighted by atomic mass is 35.5. The topological polar surface area (TPSA) is 29.3 Å². The summed E-state index contributed by atoms with van der Waals surface area (Å²) < 4.78 is 0. The van der Waals surface area contributed by atoms with Crippen molar-refractivity contribution in [2.75, 3.05) is 13.1 Å². The molecule has 1 atom stereocenters. The molecule has 0 aliphatic heterocycles. The van der Waals surface area contributed by atoms with Crippen LogP contribution in [-0.2, 0) is 0 Å². The maximum Gasteiger partial charge on any atom is 0.0488 e. The fourth-order valence-electron chi connectivity index (χ4n) is 2.55. The molecule has 19 heavy (non-hydrogen) atoms. The van der Waals surface area contributed by atoms with Crippen LogP contribution >= 0.6 is 23.2 Å². The molecule has 1 unspecified atom stereocenters. The third kappa shape index (κ3) is 3.85. The van der Waals surface area contributed by atoms with E-state index in [9.17, 15) is 0 Å². The van der Waals surface area contributed by atoms with Gasteiger partial charge in [0.2, 0.25) is 0 Å². The number of unbranched alkanes of at least 4 members (excludes halogenated alkanes) is 1. The molecule has 1 saturated carbocycles. The first kappa shape index (κ1) is 15.1. The van der Waals surface area contributed by atoms with Gasteiger partial charge in [-0.05, 0) is 43.5 Å². The molecule has 0 radical (unpaired) electrons. The van der Waals surface area contributed by atoms with Crippen LogP contribution in [-0.4, -0.2) is 24.0 Å². The molecular weight excluding hydrogens is 279 g/mol. The van der Waals surface area contributed by atoms with Crippen molar-refractivity contribution in [1.29, 1.82) is 0 Å². The summed E-state index contributed by atoms with van der Waals surface area (Å²) in [6, 6.07) is 6.63. The molecule has 106 valence electrons. The van der Waals surface area contributed by atoms with Gasteiger partial charge in [0.1, 0.15) is 0 Å². The number of hydrogen-bond acceptors (Lipinski definition) is 2. The maximum atomic E-state index is 6.34. The molecule has 0 saturated heterocycles. The van der Waals surface area contributed by atoms with Gasteiger partial charge in [-0.2, -0.15) is 0 Å². The highest BCUT2D eigenvalue weighted by Crippen LogP contribution is 2.37. The lowest BCUT2D eigenvalue weighted by Crippen LogP contribution is -2.36. The van der Waals surface area contributed by atoms with Gasteiger partial charge in [-0.15, -0.1) is 0 Å². The predicted octanol–water partition coefficient (Wildman–Crippen LogP) is 4.26. The van der Waals surface area contributed by atoms with Crippen molar-refractivity contribution in [1.82, 2.24) is 4.90 Å². The minimum absolute atomic E-state index is 0.212. The van der Waals surface area contributed by atoms with Gasteiger partial charge in [0.25, 0.3) is 0 Å². The Kier molecular flexibility index (Phi) is 5.52. The Morgan fingerprint density at radius 2 is 2.11 bits per heavy atom. The van der Waals surface area contributed by atoms with E-state index in [-0.39, 0.29) is 6.04 Å². The second-order valence-electron chi connectivity index (χ2n) is 5.24. The average Bonchev–Trinajstić information content (AvgIpc) is 3.20. The zero-order chi connectivity index (χ0) is 13.8. The van der Waals surface area contributed by atoms with Crippen LogP contribution < -0.4 is 5.73 Å². The minimum Gasteiger partial charge on any atom is -0.329 e. The summed E-state index contributed by atoms with van der Waals surface area (Å²) in [5.41, 5.74) is 7.12. The molecular formula is C15H22Cl2N2. The number of benzene rings is 1. The lowest BCUT2D eigenvalue weighted by molar-refractivity contribution is 0.188. The van der Waals surface area contributed by atoms with Crippen molar-refractivity contribution in [2.24, 2.45) is 5.73 Å². The van der Waals surface area contributed by atoms with Gasteiger partial charge in [-0.25, -0.2) is 0 Å². The smallest absolute Gasteiger partial charge is 0.0488 e. The van der Waals surface area contributed by atoms with Gasteiger partial charge in [0, 0.05) is 28.7 Å². The second-order valence-corrected chi connectivity index (χ2v) is 6.08. The first-order valence-corrected chi connectivity index (χ1v) is 7.83. The Morgan fingerprint density at radius 3 is 2.63 bits per heavy atom. The number of hydrogen-bond donors (Lipinski definition) is 1. The van der Waals surface area contributed by atoms with E-state index in [1.165, 1.54) is 25.7 Å². The van der Waals surface area contributed by atoms with Crippen molar-refractivity contribution in [3.05, 3.63) is 33.8 Å². The van der Waals surface area contributed by atoms with E-state index in [0.717, 1.165) is 17.1 Å². The second kappa shape index (κ2) is 6.94. The summed E-state index contributed by atoms with van der Waals surface area (Å²) in [6.07, 6.45) is 4.98. The first-order valence-electron chi connectivity index (χ1n) is 7.08. The Labute approximate surface area is 125 Å². The zero-order valence-electron chi connectivity index (χ0n) is 11.4. The summed E-state index contributed by atoms with van der Waals surface area (Å²) >= 11 is 12.3. The molecule has 2 nitrogen and oxygen atoms in total. The van der Waals surface area contributed by atoms with Gasteiger partial charge < -0.3 is 5.73 Å². The molecule has 0 amide bonds. The Bertz CT molecular complexity index is 419. The minimum atomic E-state index is 0.212. The third-order valence-electron chi connectivity index (χ3n) is 3.73. The molecule has 1 aliphatic carbocycles.